The average Bonchev–Trinajstić information content (AvgIpc) is 3.16. The van der Waals surface area contributed by atoms with Gasteiger partial charge in [0.15, 0.2) is 11.6 Å². The van der Waals surface area contributed by atoms with E-state index in [9.17, 15) is 4.79 Å². The van der Waals surface area contributed by atoms with Crippen LogP contribution in [-0.4, -0.2) is 42.6 Å². The number of hydrogen-bond acceptors (Lipinski definition) is 5. The third-order valence-electron chi connectivity index (χ3n) is 5.45. The molecule has 2 aromatic rings. The van der Waals surface area contributed by atoms with Crippen molar-refractivity contribution in [3.63, 3.8) is 0 Å². The number of carbonyl (C=O) groups excluding carboxylic acids is 1. The highest BCUT2D eigenvalue weighted by atomic mass is 79.9. The number of hydroxylamine groups is 1. The molecule has 7 heteroatoms. The van der Waals surface area contributed by atoms with Crippen LogP contribution in [0.15, 0.2) is 58.0 Å². The highest BCUT2D eigenvalue weighted by molar-refractivity contribution is 9.10. The number of carbonyl (C=O) groups is 1. The lowest BCUT2D eigenvalue weighted by Crippen LogP contribution is -2.46. The first kappa shape index (κ1) is 19.9. The van der Waals surface area contributed by atoms with Gasteiger partial charge in [0.25, 0.3) is 0 Å². The Hall–Kier alpha value is -2.38. The second-order valence-corrected chi connectivity index (χ2v) is 8.23. The van der Waals surface area contributed by atoms with Gasteiger partial charge in [-0.25, -0.2) is 15.3 Å². The number of rotatable bonds is 5. The van der Waals surface area contributed by atoms with Crippen molar-refractivity contribution in [2.24, 2.45) is 4.99 Å². The lowest BCUT2D eigenvalue weighted by molar-refractivity contribution is -0.139. The van der Waals surface area contributed by atoms with E-state index in [1.54, 1.807) is 7.11 Å². The van der Waals surface area contributed by atoms with Gasteiger partial charge in [-0.2, -0.15) is 0 Å². The zero-order chi connectivity index (χ0) is 20.3. The Morgan fingerprint density at radius 2 is 2.03 bits per heavy atom. The van der Waals surface area contributed by atoms with Crippen molar-refractivity contribution in [1.29, 1.82) is 0 Å². The number of benzene rings is 2. The third kappa shape index (κ3) is 4.46. The van der Waals surface area contributed by atoms with Crippen LogP contribution in [-0.2, 0) is 16.1 Å². The maximum absolute atomic E-state index is 12.7. The lowest BCUT2D eigenvalue weighted by Gasteiger charge is -2.35. The predicted octanol–water partition coefficient (Wildman–Crippen LogP) is 3.69. The molecule has 1 saturated heterocycles. The summed E-state index contributed by atoms with van der Waals surface area (Å²) < 4.78 is 6.37. The number of amidine groups is 1. The van der Waals surface area contributed by atoms with Crippen molar-refractivity contribution < 1.29 is 14.4 Å². The normalized spacial score (nSPS) is 17.7. The molecule has 6 nitrogen and oxygen atoms in total. The van der Waals surface area contributed by atoms with Gasteiger partial charge in [0.05, 0.1) is 7.11 Å². The maximum atomic E-state index is 12.7. The fraction of sp³-hybridized carbons (Fsp3) is 0.364. The number of methoxy groups -OCH3 is 1. The summed E-state index contributed by atoms with van der Waals surface area (Å²) in [5.74, 6) is 1.73. The molecule has 2 aliphatic rings. The Morgan fingerprint density at radius 3 is 2.79 bits per heavy atom. The zero-order valence-corrected chi connectivity index (χ0v) is 17.9. The van der Waals surface area contributed by atoms with E-state index in [1.807, 2.05) is 53.4 Å². The van der Waals surface area contributed by atoms with Crippen molar-refractivity contribution in [1.82, 2.24) is 10.4 Å². The fourth-order valence-corrected chi connectivity index (χ4v) is 4.18. The van der Waals surface area contributed by atoms with E-state index in [1.165, 1.54) is 0 Å². The molecule has 2 heterocycles. The number of piperidine rings is 1. The van der Waals surface area contributed by atoms with Crippen LogP contribution in [0.5, 0.6) is 5.75 Å². The van der Waals surface area contributed by atoms with Gasteiger partial charge in [0.1, 0.15) is 5.75 Å². The smallest absolute Gasteiger partial charge is 0.222 e. The summed E-state index contributed by atoms with van der Waals surface area (Å²) in [6, 6.07) is 15.8. The molecule has 0 radical (unpaired) electrons. The molecule has 0 unspecified atom stereocenters. The third-order valence-corrected chi connectivity index (χ3v) is 5.94. The number of nitrogens with one attached hydrogen (secondary N) is 1. The van der Waals surface area contributed by atoms with Crippen LogP contribution in [0.4, 0.5) is 0 Å². The quantitative estimate of drug-likeness (QED) is 0.743. The zero-order valence-electron chi connectivity index (χ0n) is 16.4. The van der Waals surface area contributed by atoms with E-state index in [4.69, 9.17) is 14.6 Å². The van der Waals surface area contributed by atoms with Crippen LogP contribution in [0.2, 0.25) is 0 Å². The Bertz CT molecular complexity index is 923. The molecule has 1 spiro atoms. The van der Waals surface area contributed by atoms with Crippen LogP contribution >= 0.6 is 15.9 Å². The summed E-state index contributed by atoms with van der Waals surface area (Å²) in [4.78, 5) is 25.3. The van der Waals surface area contributed by atoms with Crippen molar-refractivity contribution >= 4 is 27.7 Å². The molecular formula is C22H24BrN3O3. The van der Waals surface area contributed by atoms with E-state index in [-0.39, 0.29) is 5.91 Å². The van der Waals surface area contributed by atoms with E-state index >= 15 is 0 Å². The molecule has 0 saturated carbocycles. The summed E-state index contributed by atoms with van der Waals surface area (Å²) in [7, 11) is 1.66. The largest absolute Gasteiger partial charge is 0.496 e. The molecule has 0 aliphatic carbocycles. The van der Waals surface area contributed by atoms with E-state index in [0.717, 1.165) is 27.2 Å². The van der Waals surface area contributed by atoms with E-state index in [2.05, 4.69) is 21.4 Å². The molecule has 2 aliphatic heterocycles. The second-order valence-electron chi connectivity index (χ2n) is 7.31. The minimum Gasteiger partial charge on any atom is -0.496 e. The number of likely N-dealkylation sites (tertiary alicyclic amines) is 1. The number of nitrogens with zero attached hydrogens (tertiary/aromatic N) is 2. The minimum atomic E-state index is -0.586. The first-order valence-electron chi connectivity index (χ1n) is 9.78. The van der Waals surface area contributed by atoms with Gasteiger partial charge < -0.3 is 9.64 Å². The Kier molecular flexibility index (Phi) is 5.87. The summed E-state index contributed by atoms with van der Waals surface area (Å²) in [5.41, 5.74) is 4.43. The Balaban J connectivity index is 1.34. The second kappa shape index (κ2) is 8.55. The number of aryl methyl sites for hydroxylation is 1. The van der Waals surface area contributed by atoms with Gasteiger partial charge in [-0.15, -0.1) is 0 Å². The van der Waals surface area contributed by atoms with E-state index in [0.29, 0.717) is 38.8 Å². The highest BCUT2D eigenvalue weighted by Gasteiger charge is 2.41. The molecule has 1 fully saturated rings. The summed E-state index contributed by atoms with van der Waals surface area (Å²) in [5, 5.41) is 0. The molecule has 152 valence electrons. The summed E-state index contributed by atoms with van der Waals surface area (Å²) in [6.45, 7) is 1.28. The molecule has 0 atom stereocenters. The lowest BCUT2D eigenvalue weighted by atomic mass is 10.00. The van der Waals surface area contributed by atoms with Crippen LogP contribution in [0, 0.1) is 0 Å². The number of hydrogen-bond donors (Lipinski definition) is 1. The Morgan fingerprint density at radius 1 is 1.24 bits per heavy atom. The van der Waals surface area contributed by atoms with Gasteiger partial charge in [-0.1, -0.05) is 46.3 Å². The molecular weight excluding hydrogens is 434 g/mol. The molecule has 0 bridgehead atoms. The van der Waals surface area contributed by atoms with Crippen molar-refractivity contribution in [2.45, 2.75) is 31.4 Å². The maximum Gasteiger partial charge on any atom is 0.222 e. The minimum absolute atomic E-state index is 0.160. The fourth-order valence-electron chi connectivity index (χ4n) is 3.78. The molecule has 4 rings (SSSR count). The van der Waals surface area contributed by atoms with Gasteiger partial charge in [0, 0.05) is 42.4 Å². The standard InChI is InChI=1S/C22H24BrN3O3/c1-28-19-8-3-2-5-16(19)9-10-20(27)26-13-11-22(12-14-26)24-21(25-29-22)17-6-4-7-18(23)15-17/h2-8,15H,9-14H2,1H3,(H,24,25). The number of ether oxygens (including phenoxy) is 1. The van der Waals surface area contributed by atoms with Crippen LogP contribution in [0.1, 0.15) is 30.4 Å². The highest BCUT2D eigenvalue weighted by Crippen LogP contribution is 2.32. The van der Waals surface area contributed by atoms with Crippen LogP contribution in [0.3, 0.4) is 0 Å². The van der Waals surface area contributed by atoms with Gasteiger partial charge in [0.2, 0.25) is 5.91 Å². The van der Waals surface area contributed by atoms with Crippen LogP contribution in [0.25, 0.3) is 0 Å². The molecule has 2 aromatic carbocycles. The number of aliphatic imine (C=N–C) groups is 1. The molecule has 1 amide bonds. The van der Waals surface area contributed by atoms with Crippen molar-refractivity contribution in [3.8, 4) is 5.75 Å². The topological polar surface area (TPSA) is 63.2 Å². The molecule has 1 N–H and O–H groups in total. The molecule has 29 heavy (non-hydrogen) atoms. The van der Waals surface area contributed by atoms with Gasteiger partial charge in [-0.05, 0) is 30.2 Å². The predicted molar refractivity (Wildman–Crippen MR) is 115 cm³/mol. The number of amides is 1. The van der Waals surface area contributed by atoms with Gasteiger partial charge >= 0.3 is 0 Å². The van der Waals surface area contributed by atoms with Gasteiger partial charge in [-0.3, -0.25) is 4.79 Å². The monoisotopic (exact) mass is 457 g/mol. The number of para-hydroxylation sites is 1. The summed E-state index contributed by atoms with van der Waals surface area (Å²) in [6.07, 6.45) is 2.50. The Labute approximate surface area is 179 Å². The molecule has 0 aromatic heterocycles. The number of halogens is 1. The SMILES string of the molecule is COc1ccccc1CCC(=O)N1CCC2(CC1)N=C(c1cccc(Br)c1)NO2. The van der Waals surface area contributed by atoms with Crippen molar-refractivity contribution in [2.75, 3.05) is 20.2 Å². The summed E-state index contributed by atoms with van der Waals surface area (Å²) >= 11 is 3.49. The van der Waals surface area contributed by atoms with E-state index < -0.39 is 5.72 Å². The van der Waals surface area contributed by atoms with Crippen molar-refractivity contribution in [3.05, 3.63) is 64.1 Å². The first-order valence-corrected chi connectivity index (χ1v) is 10.6. The first-order chi connectivity index (χ1) is 14.1. The van der Waals surface area contributed by atoms with Crippen LogP contribution < -0.4 is 10.2 Å². The average molecular weight is 458 g/mol.